The Kier molecular flexibility index (Phi) is 40.8. The Bertz CT molecular complexity index is 468. The molecule has 0 rings (SSSR count). The third kappa shape index (κ3) is 41.5. The lowest BCUT2D eigenvalue weighted by atomic mass is 10.0. The van der Waals surface area contributed by atoms with Crippen LogP contribution in [0.25, 0.3) is 0 Å². The molecule has 0 saturated carbocycles. The van der Waals surface area contributed by atoms with Crippen molar-refractivity contribution in [3.8, 4) is 0 Å². The summed E-state index contributed by atoms with van der Waals surface area (Å²) in [6.45, 7) is 7.32. The molecule has 5 nitrogen and oxygen atoms in total. The van der Waals surface area contributed by atoms with Crippen LogP contribution in [0, 0.1) is 0 Å². The molecule has 0 aromatic heterocycles. The highest BCUT2D eigenvalue weighted by atomic mass is 16.4. The van der Waals surface area contributed by atoms with Crippen molar-refractivity contribution in [3.05, 3.63) is 0 Å². The number of aliphatic hydroxyl groups is 2. The molecule has 0 fully saturated rings. The molecule has 248 valence electrons. The summed E-state index contributed by atoms with van der Waals surface area (Å²) >= 11 is 0. The fourth-order valence-corrected chi connectivity index (χ4v) is 5.44. The molecule has 3 N–H and O–H groups in total. The molecule has 0 amide bonds. The van der Waals surface area contributed by atoms with Crippen LogP contribution in [-0.4, -0.2) is 59.0 Å². The number of carbonyl (C=O) groups is 1. The number of aliphatic hydroxyl groups excluding tert-OH is 2. The van der Waals surface area contributed by atoms with Crippen molar-refractivity contribution in [2.75, 3.05) is 32.8 Å². The van der Waals surface area contributed by atoms with Crippen molar-refractivity contribution < 1.29 is 20.1 Å². The number of carboxylic acid groups (broad SMARTS) is 1. The molecule has 41 heavy (non-hydrogen) atoms. The van der Waals surface area contributed by atoms with Gasteiger partial charge in [-0.1, -0.05) is 174 Å². The van der Waals surface area contributed by atoms with E-state index in [0.29, 0.717) is 19.5 Å². The Labute approximate surface area is 257 Å². The number of hydrogen-bond acceptors (Lipinski definition) is 4. The van der Waals surface area contributed by atoms with Gasteiger partial charge in [-0.25, -0.2) is 0 Å². The average molecular weight is 586 g/mol. The fourth-order valence-electron chi connectivity index (χ4n) is 5.44. The molecule has 0 aliphatic carbocycles. The number of unbranched alkanes of at least 4 members (excludes halogenated alkanes) is 25. The van der Waals surface area contributed by atoms with Crippen molar-refractivity contribution in [3.63, 3.8) is 0 Å². The summed E-state index contributed by atoms with van der Waals surface area (Å²) in [5.74, 6) is -0.653. The second kappa shape index (κ2) is 39.4. The molecule has 0 saturated heterocycles. The molecule has 0 spiro atoms. The predicted molar refractivity (Wildman–Crippen MR) is 179 cm³/mol. The minimum atomic E-state index is -0.653. The van der Waals surface area contributed by atoms with Gasteiger partial charge >= 0.3 is 5.97 Å². The van der Waals surface area contributed by atoms with Gasteiger partial charge in [-0.3, -0.25) is 9.69 Å². The first-order valence-corrected chi connectivity index (χ1v) is 18.3. The second-order valence-corrected chi connectivity index (χ2v) is 12.3. The van der Waals surface area contributed by atoms with Gasteiger partial charge in [0.15, 0.2) is 0 Å². The smallest absolute Gasteiger partial charge is 0.303 e. The Morgan fingerprint density at radius 1 is 0.415 bits per heavy atom. The van der Waals surface area contributed by atoms with E-state index in [1.165, 1.54) is 161 Å². The maximum absolute atomic E-state index is 10.3. The van der Waals surface area contributed by atoms with Crippen LogP contribution in [0.5, 0.6) is 0 Å². The molecular weight excluding hydrogens is 510 g/mol. The van der Waals surface area contributed by atoms with Crippen LogP contribution in [-0.2, 0) is 4.79 Å². The first kappa shape index (κ1) is 42.5. The highest BCUT2D eigenvalue weighted by Gasteiger charge is 2.02. The van der Waals surface area contributed by atoms with E-state index in [9.17, 15) is 4.79 Å². The Morgan fingerprint density at radius 3 is 0.951 bits per heavy atom. The van der Waals surface area contributed by atoms with Crippen molar-refractivity contribution in [2.45, 2.75) is 194 Å². The van der Waals surface area contributed by atoms with Crippen molar-refractivity contribution >= 4 is 5.97 Å². The lowest BCUT2D eigenvalue weighted by molar-refractivity contribution is -0.137. The Hall–Kier alpha value is -0.650. The van der Waals surface area contributed by atoms with Crippen LogP contribution in [0.2, 0.25) is 0 Å². The standard InChI is InChI=1S/C18H39NO2.C18H36O2/c1-2-3-4-5-6-7-8-9-10-11-12-13-14-19(15-17-20)16-18-21;1-2-3-4-5-6-7-8-9-10-11-12-13-14-15-16-17-18(19)20/h20-21H,2-18H2,1H3;2-17H2,1H3,(H,19,20). The van der Waals surface area contributed by atoms with Crippen LogP contribution < -0.4 is 0 Å². The molecule has 0 aliphatic heterocycles. The zero-order chi connectivity index (χ0) is 30.5. The number of aliphatic carboxylic acids is 1. The van der Waals surface area contributed by atoms with Gasteiger partial charge in [0.2, 0.25) is 0 Å². The molecule has 0 aliphatic rings. The summed E-state index contributed by atoms with van der Waals surface area (Å²) in [7, 11) is 0. The average Bonchev–Trinajstić information content (AvgIpc) is 2.96. The van der Waals surface area contributed by atoms with E-state index in [-0.39, 0.29) is 13.2 Å². The van der Waals surface area contributed by atoms with E-state index in [1.807, 2.05) is 0 Å². The van der Waals surface area contributed by atoms with Gasteiger partial charge < -0.3 is 15.3 Å². The van der Waals surface area contributed by atoms with Gasteiger partial charge in [0.05, 0.1) is 13.2 Å². The fraction of sp³-hybridized carbons (Fsp3) is 0.972. The lowest BCUT2D eigenvalue weighted by Crippen LogP contribution is -2.30. The van der Waals surface area contributed by atoms with Gasteiger partial charge in [0.1, 0.15) is 0 Å². The summed E-state index contributed by atoms with van der Waals surface area (Å²) in [5, 5.41) is 26.4. The van der Waals surface area contributed by atoms with E-state index >= 15 is 0 Å². The van der Waals surface area contributed by atoms with Crippen LogP contribution >= 0.6 is 0 Å². The van der Waals surface area contributed by atoms with Crippen molar-refractivity contribution in [1.29, 1.82) is 0 Å². The molecule has 0 aromatic carbocycles. The first-order chi connectivity index (χ1) is 20.1. The van der Waals surface area contributed by atoms with Crippen LogP contribution in [0.1, 0.15) is 194 Å². The SMILES string of the molecule is CCCCCCCCCCCCCCCCCC(=O)O.CCCCCCCCCCCCCCN(CCO)CCO. The quantitative estimate of drug-likeness (QED) is 0.0668. The van der Waals surface area contributed by atoms with Crippen LogP contribution in [0.15, 0.2) is 0 Å². The second-order valence-electron chi connectivity index (χ2n) is 12.3. The van der Waals surface area contributed by atoms with Crippen molar-refractivity contribution in [1.82, 2.24) is 4.90 Å². The molecule has 0 radical (unpaired) electrons. The van der Waals surface area contributed by atoms with E-state index in [4.69, 9.17) is 15.3 Å². The Morgan fingerprint density at radius 2 is 0.683 bits per heavy atom. The van der Waals surface area contributed by atoms with E-state index in [1.54, 1.807) is 0 Å². The van der Waals surface area contributed by atoms with E-state index < -0.39 is 5.97 Å². The monoisotopic (exact) mass is 586 g/mol. The third-order valence-corrected chi connectivity index (χ3v) is 8.15. The summed E-state index contributed by atoms with van der Waals surface area (Å²) in [6, 6.07) is 0. The molecule has 0 aromatic rings. The summed E-state index contributed by atoms with van der Waals surface area (Å²) in [6.07, 6.45) is 36.6. The molecule has 5 heteroatoms. The van der Waals surface area contributed by atoms with E-state index in [0.717, 1.165) is 19.4 Å². The van der Waals surface area contributed by atoms with Gasteiger partial charge in [-0.05, 0) is 19.4 Å². The highest BCUT2D eigenvalue weighted by Crippen LogP contribution is 2.14. The van der Waals surface area contributed by atoms with Gasteiger partial charge in [0, 0.05) is 19.5 Å². The number of rotatable bonds is 33. The van der Waals surface area contributed by atoms with Crippen LogP contribution in [0.4, 0.5) is 0 Å². The molecule has 0 heterocycles. The third-order valence-electron chi connectivity index (χ3n) is 8.15. The zero-order valence-electron chi connectivity index (χ0n) is 28.0. The maximum atomic E-state index is 10.3. The summed E-state index contributed by atoms with van der Waals surface area (Å²) in [4.78, 5) is 12.5. The summed E-state index contributed by atoms with van der Waals surface area (Å²) < 4.78 is 0. The predicted octanol–water partition coefficient (Wildman–Crippen LogP) is 10.3. The normalized spacial score (nSPS) is 11.1. The molecule has 0 bridgehead atoms. The van der Waals surface area contributed by atoms with Gasteiger partial charge in [0.25, 0.3) is 0 Å². The van der Waals surface area contributed by atoms with Gasteiger partial charge in [-0.2, -0.15) is 0 Å². The largest absolute Gasteiger partial charge is 0.481 e. The van der Waals surface area contributed by atoms with Crippen LogP contribution in [0.3, 0.4) is 0 Å². The minimum Gasteiger partial charge on any atom is -0.481 e. The summed E-state index contributed by atoms with van der Waals surface area (Å²) in [5.41, 5.74) is 0. The minimum absolute atomic E-state index is 0.193. The molecule has 0 unspecified atom stereocenters. The highest BCUT2D eigenvalue weighted by molar-refractivity contribution is 5.66. The molecular formula is C36H75NO4. The zero-order valence-corrected chi connectivity index (χ0v) is 28.0. The topological polar surface area (TPSA) is 81.0 Å². The van der Waals surface area contributed by atoms with Gasteiger partial charge in [-0.15, -0.1) is 0 Å². The molecule has 0 atom stereocenters. The number of carboxylic acids is 1. The van der Waals surface area contributed by atoms with E-state index in [2.05, 4.69) is 18.7 Å². The lowest BCUT2D eigenvalue weighted by Gasteiger charge is -2.19. The first-order valence-electron chi connectivity index (χ1n) is 18.3. The Balaban J connectivity index is 0. The number of nitrogens with zero attached hydrogens (tertiary/aromatic N) is 1. The number of hydrogen-bond donors (Lipinski definition) is 3. The maximum Gasteiger partial charge on any atom is 0.303 e. The van der Waals surface area contributed by atoms with Crippen molar-refractivity contribution in [2.24, 2.45) is 0 Å².